The second-order valence-electron chi connectivity index (χ2n) is 6.55. The van der Waals surface area contributed by atoms with Crippen LogP contribution in [0.3, 0.4) is 0 Å². The predicted octanol–water partition coefficient (Wildman–Crippen LogP) is 3.70. The Morgan fingerprint density at radius 3 is 1.94 bits per heavy atom. The van der Waals surface area contributed by atoms with Crippen LogP contribution in [0, 0.1) is 5.41 Å². The van der Waals surface area contributed by atoms with Crippen molar-refractivity contribution in [3.63, 3.8) is 0 Å². The molecule has 0 radical (unpaired) electrons. The molecular weight excluding hydrogens is 208 g/mol. The summed E-state index contributed by atoms with van der Waals surface area (Å²) in [4.78, 5) is 0. The van der Waals surface area contributed by atoms with Crippen LogP contribution in [0.5, 0.6) is 0 Å². The molecule has 0 aromatic carbocycles. The molecule has 2 nitrogen and oxygen atoms in total. The Labute approximate surface area is 109 Å². The topological polar surface area (TPSA) is 38.0 Å². The molecule has 104 valence electrons. The Kier molecular flexibility index (Phi) is 8.06. The normalized spacial score (nSPS) is 13.1. The zero-order valence-corrected chi connectivity index (χ0v) is 12.7. The summed E-state index contributed by atoms with van der Waals surface area (Å²) >= 11 is 0. The highest BCUT2D eigenvalue weighted by Gasteiger charge is 2.32. The SMILES string of the molecule is CCCCCCCCNCC(C)(C)C(C)(C)N. The van der Waals surface area contributed by atoms with Gasteiger partial charge in [0.15, 0.2) is 0 Å². The molecule has 0 aliphatic heterocycles. The molecule has 2 heteroatoms. The first-order valence-electron chi connectivity index (χ1n) is 7.31. The first kappa shape index (κ1) is 16.9. The molecular formula is C15H34N2. The second-order valence-corrected chi connectivity index (χ2v) is 6.55. The highest BCUT2D eigenvalue weighted by Crippen LogP contribution is 2.26. The van der Waals surface area contributed by atoms with Gasteiger partial charge in [-0.25, -0.2) is 0 Å². The smallest absolute Gasteiger partial charge is 0.0161 e. The van der Waals surface area contributed by atoms with Crippen LogP contribution in [0.4, 0.5) is 0 Å². The van der Waals surface area contributed by atoms with Crippen molar-refractivity contribution in [2.75, 3.05) is 13.1 Å². The van der Waals surface area contributed by atoms with Crippen molar-refractivity contribution in [3.05, 3.63) is 0 Å². The van der Waals surface area contributed by atoms with Gasteiger partial charge in [-0.1, -0.05) is 52.9 Å². The Balaban J connectivity index is 3.46. The Morgan fingerprint density at radius 1 is 0.882 bits per heavy atom. The fraction of sp³-hybridized carbons (Fsp3) is 1.00. The van der Waals surface area contributed by atoms with Gasteiger partial charge in [-0.3, -0.25) is 0 Å². The third kappa shape index (κ3) is 7.77. The van der Waals surface area contributed by atoms with E-state index in [9.17, 15) is 0 Å². The van der Waals surface area contributed by atoms with E-state index < -0.39 is 0 Å². The number of rotatable bonds is 10. The van der Waals surface area contributed by atoms with Crippen LogP contribution in [0.2, 0.25) is 0 Å². The average molecular weight is 242 g/mol. The van der Waals surface area contributed by atoms with Gasteiger partial charge in [-0.15, -0.1) is 0 Å². The van der Waals surface area contributed by atoms with Gasteiger partial charge in [0.05, 0.1) is 0 Å². The summed E-state index contributed by atoms with van der Waals surface area (Å²) in [6, 6.07) is 0. The molecule has 0 fully saturated rings. The number of unbranched alkanes of at least 4 members (excludes halogenated alkanes) is 5. The molecule has 0 bridgehead atoms. The Morgan fingerprint density at radius 2 is 1.41 bits per heavy atom. The second kappa shape index (κ2) is 8.10. The van der Waals surface area contributed by atoms with E-state index in [-0.39, 0.29) is 11.0 Å². The standard InChI is InChI=1S/C15H34N2/c1-6-7-8-9-10-11-12-17-13-14(2,3)15(4,5)16/h17H,6-13,16H2,1-5H3. The minimum atomic E-state index is -0.124. The summed E-state index contributed by atoms with van der Waals surface area (Å²) in [7, 11) is 0. The molecule has 0 saturated heterocycles. The van der Waals surface area contributed by atoms with Crippen molar-refractivity contribution in [1.29, 1.82) is 0 Å². The maximum atomic E-state index is 6.17. The Bertz CT molecular complexity index is 180. The largest absolute Gasteiger partial charge is 0.325 e. The molecule has 0 aliphatic rings. The van der Waals surface area contributed by atoms with Crippen LogP contribution >= 0.6 is 0 Å². The van der Waals surface area contributed by atoms with Crippen LogP contribution in [-0.4, -0.2) is 18.6 Å². The summed E-state index contributed by atoms with van der Waals surface area (Å²) in [5.41, 5.74) is 6.19. The summed E-state index contributed by atoms with van der Waals surface area (Å²) in [5.74, 6) is 0. The van der Waals surface area contributed by atoms with Crippen molar-refractivity contribution in [2.24, 2.45) is 11.1 Å². The predicted molar refractivity (Wildman–Crippen MR) is 78.3 cm³/mol. The van der Waals surface area contributed by atoms with E-state index >= 15 is 0 Å². The van der Waals surface area contributed by atoms with Gasteiger partial charge in [0.2, 0.25) is 0 Å². The van der Waals surface area contributed by atoms with Gasteiger partial charge in [0.1, 0.15) is 0 Å². The van der Waals surface area contributed by atoms with E-state index in [2.05, 4.69) is 39.9 Å². The third-order valence-corrected chi connectivity index (χ3v) is 4.02. The van der Waals surface area contributed by atoms with E-state index in [1.165, 1.54) is 38.5 Å². The molecule has 0 saturated carbocycles. The van der Waals surface area contributed by atoms with Crippen molar-refractivity contribution < 1.29 is 0 Å². The fourth-order valence-electron chi connectivity index (χ4n) is 1.66. The average Bonchev–Trinajstić information content (AvgIpc) is 2.20. The molecule has 0 atom stereocenters. The van der Waals surface area contributed by atoms with Crippen molar-refractivity contribution in [3.8, 4) is 0 Å². The van der Waals surface area contributed by atoms with Gasteiger partial charge in [-0.05, 0) is 32.2 Å². The quantitative estimate of drug-likeness (QED) is 0.573. The zero-order chi connectivity index (χ0) is 13.4. The lowest BCUT2D eigenvalue weighted by Crippen LogP contribution is -2.52. The van der Waals surface area contributed by atoms with E-state index in [4.69, 9.17) is 5.73 Å². The monoisotopic (exact) mass is 242 g/mol. The highest BCUT2D eigenvalue weighted by molar-refractivity contribution is 4.91. The molecule has 0 aromatic heterocycles. The molecule has 0 rings (SSSR count). The first-order valence-corrected chi connectivity index (χ1v) is 7.31. The fourth-order valence-corrected chi connectivity index (χ4v) is 1.66. The lowest BCUT2D eigenvalue weighted by molar-refractivity contribution is 0.195. The molecule has 0 aliphatic carbocycles. The Hall–Kier alpha value is -0.0800. The molecule has 0 heterocycles. The number of hydrogen-bond donors (Lipinski definition) is 2. The summed E-state index contributed by atoms with van der Waals surface area (Å²) in [6.45, 7) is 13.1. The van der Waals surface area contributed by atoms with Crippen molar-refractivity contribution in [1.82, 2.24) is 5.32 Å². The van der Waals surface area contributed by atoms with Gasteiger partial charge >= 0.3 is 0 Å². The van der Waals surface area contributed by atoms with E-state index in [1.807, 2.05) is 0 Å². The maximum absolute atomic E-state index is 6.17. The van der Waals surface area contributed by atoms with Crippen LogP contribution in [0.1, 0.15) is 73.1 Å². The molecule has 0 unspecified atom stereocenters. The van der Waals surface area contributed by atoms with Crippen LogP contribution < -0.4 is 11.1 Å². The molecule has 0 amide bonds. The maximum Gasteiger partial charge on any atom is 0.0161 e. The first-order chi connectivity index (χ1) is 7.81. The lowest BCUT2D eigenvalue weighted by Gasteiger charge is -2.38. The molecule has 17 heavy (non-hydrogen) atoms. The van der Waals surface area contributed by atoms with Crippen LogP contribution in [-0.2, 0) is 0 Å². The minimum Gasteiger partial charge on any atom is -0.325 e. The molecule has 0 aromatic rings. The number of nitrogens with two attached hydrogens (primary N) is 1. The molecule has 0 spiro atoms. The summed E-state index contributed by atoms with van der Waals surface area (Å²) < 4.78 is 0. The minimum absolute atomic E-state index is 0.124. The van der Waals surface area contributed by atoms with E-state index in [0.717, 1.165) is 13.1 Å². The highest BCUT2D eigenvalue weighted by atomic mass is 14.9. The van der Waals surface area contributed by atoms with Crippen molar-refractivity contribution >= 4 is 0 Å². The zero-order valence-electron chi connectivity index (χ0n) is 12.7. The summed E-state index contributed by atoms with van der Waals surface area (Å²) in [6.07, 6.45) is 8.17. The van der Waals surface area contributed by atoms with Gasteiger partial charge in [0.25, 0.3) is 0 Å². The van der Waals surface area contributed by atoms with Gasteiger partial charge < -0.3 is 11.1 Å². The number of hydrogen-bond acceptors (Lipinski definition) is 2. The van der Waals surface area contributed by atoms with E-state index in [0.29, 0.717) is 0 Å². The van der Waals surface area contributed by atoms with E-state index in [1.54, 1.807) is 0 Å². The number of nitrogens with one attached hydrogen (secondary N) is 1. The lowest BCUT2D eigenvalue weighted by atomic mass is 9.75. The van der Waals surface area contributed by atoms with Gasteiger partial charge in [-0.2, -0.15) is 0 Å². The van der Waals surface area contributed by atoms with Crippen LogP contribution in [0.15, 0.2) is 0 Å². The van der Waals surface area contributed by atoms with Crippen LogP contribution in [0.25, 0.3) is 0 Å². The molecule has 3 N–H and O–H groups in total. The van der Waals surface area contributed by atoms with Crippen molar-refractivity contribution in [2.45, 2.75) is 78.7 Å². The third-order valence-electron chi connectivity index (χ3n) is 4.02. The summed E-state index contributed by atoms with van der Waals surface area (Å²) in [5, 5.41) is 3.54. The van der Waals surface area contributed by atoms with Gasteiger partial charge in [0, 0.05) is 12.1 Å².